The molecule has 178 valence electrons. The summed E-state index contributed by atoms with van der Waals surface area (Å²) >= 11 is 0. The maximum atomic E-state index is 13.5. The molecule has 1 aliphatic heterocycles. The van der Waals surface area contributed by atoms with Crippen LogP contribution in [-0.4, -0.2) is 56.9 Å². The molecule has 0 saturated carbocycles. The Morgan fingerprint density at radius 1 is 0.706 bits per heavy atom. The highest BCUT2D eigenvalue weighted by molar-refractivity contribution is 7.89. The van der Waals surface area contributed by atoms with E-state index >= 15 is 0 Å². The van der Waals surface area contributed by atoms with Crippen LogP contribution in [0.2, 0.25) is 0 Å². The summed E-state index contributed by atoms with van der Waals surface area (Å²) in [5.41, 5.74) is 2.15. The van der Waals surface area contributed by atoms with E-state index in [2.05, 4.69) is 0 Å². The number of piperazine rings is 1. The second-order valence-corrected chi connectivity index (χ2v) is 12.2. The van der Waals surface area contributed by atoms with Crippen molar-refractivity contribution in [3.8, 4) is 0 Å². The molecule has 1 aliphatic rings. The number of carbonyl (C=O) groups excluding carboxylic acids is 1. The molecule has 0 aliphatic carbocycles. The standard InChI is InChI=1S/C25H26N2O5S2/c1-19-8-12-22(13-9-19)33(29,30)26-16-17-27(34(31,32)23-14-10-20(2)11-15-23)24(18-26)25(28)21-6-4-3-5-7-21/h3-15,24H,16-18H2,1-2H3. The quantitative estimate of drug-likeness (QED) is 0.487. The van der Waals surface area contributed by atoms with E-state index in [0.717, 1.165) is 15.4 Å². The van der Waals surface area contributed by atoms with Gasteiger partial charge in [0, 0.05) is 25.2 Å². The minimum absolute atomic E-state index is 0.0557. The van der Waals surface area contributed by atoms with E-state index in [0.29, 0.717) is 5.56 Å². The molecule has 0 bridgehead atoms. The minimum atomic E-state index is -4.03. The van der Waals surface area contributed by atoms with Gasteiger partial charge in [-0.1, -0.05) is 65.7 Å². The van der Waals surface area contributed by atoms with Gasteiger partial charge in [0.05, 0.1) is 9.79 Å². The lowest BCUT2D eigenvalue weighted by Crippen LogP contribution is -2.59. The van der Waals surface area contributed by atoms with Gasteiger partial charge in [0.25, 0.3) is 0 Å². The van der Waals surface area contributed by atoms with Crippen LogP contribution >= 0.6 is 0 Å². The summed E-state index contributed by atoms with van der Waals surface area (Å²) in [6, 6.07) is 20.0. The van der Waals surface area contributed by atoms with Crippen LogP contribution in [-0.2, 0) is 20.0 Å². The van der Waals surface area contributed by atoms with Crippen molar-refractivity contribution < 1.29 is 21.6 Å². The summed E-state index contributed by atoms with van der Waals surface area (Å²) in [6.07, 6.45) is 0. The van der Waals surface area contributed by atoms with Crippen molar-refractivity contribution in [1.82, 2.24) is 8.61 Å². The molecule has 0 radical (unpaired) electrons. The number of benzene rings is 3. The van der Waals surface area contributed by atoms with E-state index < -0.39 is 31.9 Å². The van der Waals surface area contributed by atoms with Crippen LogP contribution in [0.25, 0.3) is 0 Å². The van der Waals surface area contributed by atoms with Crippen LogP contribution < -0.4 is 0 Å². The van der Waals surface area contributed by atoms with E-state index in [4.69, 9.17) is 0 Å². The summed E-state index contributed by atoms with van der Waals surface area (Å²) < 4.78 is 56.0. The molecular formula is C25H26N2O5S2. The molecule has 0 N–H and O–H groups in total. The lowest BCUT2D eigenvalue weighted by molar-refractivity contribution is 0.0834. The first-order chi connectivity index (χ1) is 16.1. The first-order valence-corrected chi connectivity index (χ1v) is 13.7. The smallest absolute Gasteiger partial charge is 0.243 e. The highest BCUT2D eigenvalue weighted by Gasteiger charge is 2.43. The monoisotopic (exact) mass is 498 g/mol. The number of ketones is 1. The Labute approximate surface area is 200 Å². The molecule has 1 unspecified atom stereocenters. The van der Waals surface area contributed by atoms with Gasteiger partial charge >= 0.3 is 0 Å². The largest absolute Gasteiger partial charge is 0.292 e. The Morgan fingerprint density at radius 3 is 1.74 bits per heavy atom. The van der Waals surface area contributed by atoms with E-state index in [1.807, 2.05) is 13.8 Å². The molecule has 0 amide bonds. The maximum Gasteiger partial charge on any atom is 0.243 e. The van der Waals surface area contributed by atoms with Crippen LogP contribution in [0.1, 0.15) is 21.5 Å². The predicted molar refractivity (Wildman–Crippen MR) is 130 cm³/mol. The second kappa shape index (κ2) is 9.42. The number of rotatable bonds is 6. The van der Waals surface area contributed by atoms with Gasteiger partial charge in [0.1, 0.15) is 6.04 Å². The maximum absolute atomic E-state index is 13.5. The number of Topliss-reactive ketones (excluding diaryl/α,β-unsaturated/α-hetero) is 1. The van der Waals surface area contributed by atoms with Crippen LogP contribution in [0, 0.1) is 13.8 Å². The Balaban J connectivity index is 1.73. The van der Waals surface area contributed by atoms with Crippen molar-refractivity contribution in [1.29, 1.82) is 0 Å². The minimum Gasteiger partial charge on any atom is -0.292 e. The Bertz CT molecular complexity index is 1390. The highest BCUT2D eigenvalue weighted by atomic mass is 32.2. The molecule has 9 heteroatoms. The normalized spacial score (nSPS) is 18.0. The molecule has 3 aromatic rings. The molecule has 0 spiro atoms. The Kier molecular flexibility index (Phi) is 6.73. The van der Waals surface area contributed by atoms with Crippen LogP contribution in [0.15, 0.2) is 88.7 Å². The molecular weight excluding hydrogens is 472 g/mol. The fourth-order valence-electron chi connectivity index (χ4n) is 3.96. The van der Waals surface area contributed by atoms with Crippen molar-refractivity contribution in [3.05, 3.63) is 95.6 Å². The molecule has 1 fully saturated rings. The van der Waals surface area contributed by atoms with Gasteiger partial charge in [-0.25, -0.2) is 16.8 Å². The number of sulfonamides is 2. The molecule has 1 atom stereocenters. The zero-order valence-corrected chi connectivity index (χ0v) is 20.6. The lowest BCUT2D eigenvalue weighted by atomic mass is 10.0. The van der Waals surface area contributed by atoms with Crippen molar-refractivity contribution >= 4 is 25.8 Å². The van der Waals surface area contributed by atoms with Gasteiger partial charge in [0.15, 0.2) is 5.78 Å². The second-order valence-electron chi connectivity index (χ2n) is 8.35. The van der Waals surface area contributed by atoms with Gasteiger partial charge in [-0.3, -0.25) is 4.79 Å². The summed E-state index contributed by atoms with van der Waals surface area (Å²) in [5, 5.41) is 0. The Hall–Kier alpha value is -2.85. The van der Waals surface area contributed by atoms with Crippen LogP contribution in [0.5, 0.6) is 0 Å². The highest BCUT2D eigenvalue weighted by Crippen LogP contribution is 2.27. The van der Waals surface area contributed by atoms with Crippen LogP contribution in [0.4, 0.5) is 0 Å². The predicted octanol–water partition coefficient (Wildman–Crippen LogP) is 3.25. The SMILES string of the molecule is Cc1ccc(S(=O)(=O)N2CCN(S(=O)(=O)c3ccc(C)cc3)C(C(=O)c3ccccc3)C2)cc1. The third-order valence-corrected chi connectivity index (χ3v) is 9.74. The third-order valence-electron chi connectivity index (χ3n) is 5.94. The van der Waals surface area contributed by atoms with Gasteiger partial charge in [-0.2, -0.15) is 8.61 Å². The van der Waals surface area contributed by atoms with E-state index in [9.17, 15) is 21.6 Å². The van der Waals surface area contributed by atoms with E-state index in [1.54, 1.807) is 54.6 Å². The number of nitrogens with zero attached hydrogens (tertiary/aromatic N) is 2. The summed E-state index contributed by atoms with van der Waals surface area (Å²) in [7, 11) is -7.94. The lowest BCUT2D eigenvalue weighted by Gasteiger charge is -2.39. The topological polar surface area (TPSA) is 91.8 Å². The van der Waals surface area contributed by atoms with Crippen molar-refractivity contribution in [2.75, 3.05) is 19.6 Å². The summed E-state index contributed by atoms with van der Waals surface area (Å²) in [6.45, 7) is 3.26. The first-order valence-electron chi connectivity index (χ1n) is 10.9. The van der Waals surface area contributed by atoms with Gasteiger partial charge < -0.3 is 0 Å². The summed E-state index contributed by atoms with van der Waals surface area (Å²) in [4.78, 5) is 13.6. The van der Waals surface area contributed by atoms with Crippen molar-refractivity contribution in [2.24, 2.45) is 0 Å². The number of hydrogen-bond acceptors (Lipinski definition) is 5. The van der Waals surface area contributed by atoms with E-state index in [1.165, 1.54) is 28.6 Å². The number of carbonyl (C=O) groups is 1. The summed E-state index contributed by atoms with van der Waals surface area (Å²) in [5.74, 6) is -0.444. The molecule has 4 rings (SSSR count). The average Bonchev–Trinajstić information content (AvgIpc) is 2.84. The molecule has 0 aromatic heterocycles. The van der Waals surface area contributed by atoms with Gasteiger partial charge in [-0.15, -0.1) is 0 Å². The zero-order valence-electron chi connectivity index (χ0n) is 19.0. The van der Waals surface area contributed by atoms with Crippen LogP contribution in [0.3, 0.4) is 0 Å². The number of aryl methyl sites for hydroxylation is 2. The first kappa shape index (κ1) is 24.3. The molecule has 7 nitrogen and oxygen atoms in total. The van der Waals surface area contributed by atoms with E-state index in [-0.39, 0.29) is 29.4 Å². The van der Waals surface area contributed by atoms with Gasteiger partial charge in [0.2, 0.25) is 20.0 Å². The fourth-order valence-corrected chi connectivity index (χ4v) is 6.97. The molecule has 3 aromatic carbocycles. The average molecular weight is 499 g/mol. The van der Waals surface area contributed by atoms with Gasteiger partial charge in [-0.05, 0) is 38.1 Å². The zero-order chi connectivity index (χ0) is 24.5. The van der Waals surface area contributed by atoms with Crippen molar-refractivity contribution in [3.63, 3.8) is 0 Å². The molecule has 1 heterocycles. The number of hydrogen-bond donors (Lipinski definition) is 0. The molecule has 1 saturated heterocycles. The van der Waals surface area contributed by atoms with Crippen molar-refractivity contribution in [2.45, 2.75) is 29.7 Å². The molecule has 34 heavy (non-hydrogen) atoms. The third kappa shape index (κ3) is 4.69. The Morgan fingerprint density at radius 2 is 1.21 bits per heavy atom. The fraction of sp³-hybridized carbons (Fsp3) is 0.240.